The van der Waals surface area contributed by atoms with E-state index in [2.05, 4.69) is 4.90 Å². The second-order valence-corrected chi connectivity index (χ2v) is 8.92. The van der Waals surface area contributed by atoms with Gasteiger partial charge in [-0.2, -0.15) is 0 Å². The molecule has 0 bridgehead atoms. The van der Waals surface area contributed by atoms with E-state index in [0.29, 0.717) is 46.1 Å². The highest BCUT2D eigenvalue weighted by atomic mass is 16.5. The van der Waals surface area contributed by atoms with Crippen LogP contribution in [0.1, 0.15) is 16.7 Å². The van der Waals surface area contributed by atoms with Crippen molar-refractivity contribution in [3.05, 3.63) is 108 Å². The van der Waals surface area contributed by atoms with Gasteiger partial charge in [-0.05, 0) is 16.7 Å². The van der Waals surface area contributed by atoms with Gasteiger partial charge < -0.3 is 24.4 Å². The summed E-state index contributed by atoms with van der Waals surface area (Å²) in [5.41, 5.74) is 3.22. The highest BCUT2D eigenvalue weighted by Gasteiger charge is 2.43. The van der Waals surface area contributed by atoms with Crippen molar-refractivity contribution in [3.63, 3.8) is 0 Å². The normalized spacial score (nSPS) is 22.8. The lowest BCUT2D eigenvalue weighted by atomic mass is 9.94. The third-order valence-electron chi connectivity index (χ3n) is 6.32. The fraction of sp³-hybridized carbons (Fsp3) is 0.379. The highest BCUT2D eigenvalue weighted by molar-refractivity contribution is 5.15. The summed E-state index contributed by atoms with van der Waals surface area (Å²) in [6.07, 6.45) is -2.50. The van der Waals surface area contributed by atoms with E-state index < -0.39 is 18.3 Å². The molecule has 1 fully saturated rings. The summed E-state index contributed by atoms with van der Waals surface area (Å²) in [4.78, 5) is 2.11. The molecule has 0 saturated carbocycles. The molecule has 3 aromatic rings. The van der Waals surface area contributed by atoms with E-state index in [1.807, 2.05) is 91.0 Å². The van der Waals surface area contributed by atoms with Crippen LogP contribution in [0.2, 0.25) is 0 Å². The zero-order valence-electron chi connectivity index (χ0n) is 20.0. The number of benzene rings is 3. The van der Waals surface area contributed by atoms with E-state index >= 15 is 0 Å². The molecule has 0 radical (unpaired) electrons. The lowest BCUT2D eigenvalue weighted by Crippen LogP contribution is -2.63. The topological polar surface area (TPSA) is 71.4 Å². The maximum atomic E-state index is 10.9. The Bertz CT molecular complexity index is 972. The second-order valence-electron chi connectivity index (χ2n) is 8.92. The van der Waals surface area contributed by atoms with Crippen molar-refractivity contribution in [2.45, 2.75) is 44.2 Å². The van der Waals surface area contributed by atoms with Crippen molar-refractivity contribution < 1.29 is 24.4 Å². The SMILES string of the molecule is OC1CN(CCOCc2ccccc2)C(COCc2ccccc2)C(OCc2ccccc2)C1O. The average Bonchev–Trinajstić information content (AvgIpc) is 2.90. The number of piperidine rings is 1. The molecular formula is C29H35NO5. The first-order chi connectivity index (χ1) is 17.2. The van der Waals surface area contributed by atoms with E-state index in [0.717, 1.165) is 16.7 Å². The Morgan fingerprint density at radius 1 is 0.686 bits per heavy atom. The molecule has 0 amide bonds. The Labute approximate surface area is 207 Å². The number of likely N-dealkylation sites (tertiary alicyclic amines) is 1. The Balaban J connectivity index is 1.39. The standard InChI is InChI=1S/C29H35NO5/c31-27-18-30(16-17-33-19-23-10-4-1-5-11-23)26(22-34-20-24-12-6-2-7-13-24)29(28(27)32)35-21-25-14-8-3-9-15-25/h1-15,26-29,31-32H,16-22H2. The number of aliphatic hydroxyl groups is 2. The zero-order chi connectivity index (χ0) is 24.3. The molecule has 0 spiro atoms. The predicted octanol–water partition coefficient (Wildman–Crippen LogP) is 3.41. The minimum Gasteiger partial charge on any atom is -0.389 e. The van der Waals surface area contributed by atoms with Gasteiger partial charge in [-0.1, -0.05) is 91.0 Å². The summed E-state index contributed by atoms with van der Waals surface area (Å²) in [5, 5.41) is 21.5. The predicted molar refractivity (Wildman–Crippen MR) is 135 cm³/mol. The van der Waals surface area contributed by atoms with E-state index in [-0.39, 0.29) is 6.04 Å². The van der Waals surface area contributed by atoms with E-state index in [1.54, 1.807) is 0 Å². The molecular weight excluding hydrogens is 442 g/mol. The van der Waals surface area contributed by atoms with Crippen molar-refractivity contribution in [1.82, 2.24) is 4.90 Å². The Hall–Kier alpha value is -2.58. The van der Waals surface area contributed by atoms with Crippen LogP contribution in [-0.4, -0.2) is 65.8 Å². The summed E-state index contributed by atoms with van der Waals surface area (Å²) in [5.74, 6) is 0. The van der Waals surface area contributed by atoms with Crippen molar-refractivity contribution in [2.75, 3.05) is 26.3 Å². The average molecular weight is 478 g/mol. The van der Waals surface area contributed by atoms with Crippen LogP contribution in [0.15, 0.2) is 91.0 Å². The van der Waals surface area contributed by atoms with Crippen LogP contribution in [0.5, 0.6) is 0 Å². The number of β-amino-alcohol motifs (C(OH)–C–C–N with tert-alkyl or cyclic N) is 1. The van der Waals surface area contributed by atoms with Gasteiger partial charge in [0.05, 0.1) is 45.2 Å². The molecule has 6 nitrogen and oxygen atoms in total. The van der Waals surface area contributed by atoms with Crippen LogP contribution in [-0.2, 0) is 34.0 Å². The molecule has 3 aromatic carbocycles. The summed E-state index contributed by atoms with van der Waals surface area (Å²) < 4.78 is 18.2. The molecule has 2 N–H and O–H groups in total. The molecule has 1 aliphatic heterocycles. The molecule has 4 unspecified atom stereocenters. The van der Waals surface area contributed by atoms with Gasteiger partial charge >= 0.3 is 0 Å². The summed E-state index contributed by atoms with van der Waals surface area (Å²) in [7, 11) is 0. The van der Waals surface area contributed by atoms with Crippen molar-refractivity contribution in [1.29, 1.82) is 0 Å². The van der Waals surface area contributed by atoms with Gasteiger partial charge in [-0.25, -0.2) is 0 Å². The fourth-order valence-electron chi connectivity index (χ4n) is 4.39. The van der Waals surface area contributed by atoms with Crippen LogP contribution < -0.4 is 0 Å². The first-order valence-corrected chi connectivity index (χ1v) is 12.2. The third-order valence-corrected chi connectivity index (χ3v) is 6.32. The van der Waals surface area contributed by atoms with Crippen molar-refractivity contribution in [2.24, 2.45) is 0 Å². The summed E-state index contributed by atoms with van der Waals surface area (Å²) >= 11 is 0. The molecule has 35 heavy (non-hydrogen) atoms. The number of rotatable bonds is 12. The molecule has 1 aliphatic rings. The van der Waals surface area contributed by atoms with E-state index in [4.69, 9.17) is 14.2 Å². The van der Waals surface area contributed by atoms with Gasteiger partial charge in [0, 0.05) is 13.1 Å². The Kier molecular flexibility index (Phi) is 9.84. The first-order valence-electron chi connectivity index (χ1n) is 12.2. The van der Waals surface area contributed by atoms with Crippen molar-refractivity contribution in [3.8, 4) is 0 Å². The molecule has 1 saturated heterocycles. The molecule has 0 aromatic heterocycles. The zero-order valence-corrected chi connectivity index (χ0v) is 20.0. The number of hydrogen-bond acceptors (Lipinski definition) is 6. The van der Waals surface area contributed by atoms with Gasteiger partial charge in [-0.3, -0.25) is 4.90 Å². The monoisotopic (exact) mass is 477 g/mol. The molecule has 4 rings (SSSR count). The summed E-state index contributed by atoms with van der Waals surface area (Å²) in [6, 6.07) is 29.7. The van der Waals surface area contributed by atoms with Gasteiger partial charge in [-0.15, -0.1) is 0 Å². The Morgan fingerprint density at radius 2 is 1.20 bits per heavy atom. The molecule has 186 valence electrons. The minimum atomic E-state index is -0.995. The quantitative estimate of drug-likeness (QED) is 0.390. The van der Waals surface area contributed by atoms with Crippen LogP contribution in [0.25, 0.3) is 0 Å². The lowest BCUT2D eigenvalue weighted by molar-refractivity contribution is -0.177. The van der Waals surface area contributed by atoms with Crippen LogP contribution >= 0.6 is 0 Å². The number of ether oxygens (including phenoxy) is 3. The Morgan fingerprint density at radius 3 is 1.77 bits per heavy atom. The number of nitrogens with zero attached hydrogens (tertiary/aromatic N) is 1. The second kappa shape index (κ2) is 13.5. The minimum absolute atomic E-state index is 0.221. The molecule has 6 heteroatoms. The molecule has 0 aliphatic carbocycles. The molecule has 4 atom stereocenters. The third kappa shape index (κ3) is 7.70. The summed E-state index contributed by atoms with van der Waals surface area (Å²) in [6.45, 7) is 3.16. The smallest absolute Gasteiger partial charge is 0.109 e. The lowest BCUT2D eigenvalue weighted by Gasteiger charge is -2.45. The van der Waals surface area contributed by atoms with Crippen molar-refractivity contribution >= 4 is 0 Å². The number of aliphatic hydroxyl groups excluding tert-OH is 2. The van der Waals surface area contributed by atoms with Gasteiger partial charge in [0.1, 0.15) is 12.2 Å². The van der Waals surface area contributed by atoms with Gasteiger partial charge in [0.25, 0.3) is 0 Å². The largest absolute Gasteiger partial charge is 0.389 e. The number of hydrogen-bond donors (Lipinski definition) is 2. The maximum Gasteiger partial charge on any atom is 0.109 e. The maximum absolute atomic E-state index is 10.9. The van der Waals surface area contributed by atoms with Crippen LogP contribution in [0, 0.1) is 0 Å². The molecule has 1 heterocycles. The van der Waals surface area contributed by atoms with Gasteiger partial charge in [0.2, 0.25) is 0 Å². The van der Waals surface area contributed by atoms with E-state index in [9.17, 15) is 10.2 Å². The van der Waals surface area contributed by atoms with Crippen LogP contribution in [0.4, 0.5) is 0 Å². The fourth-order valence-corrected chi connectivity index (χ4v) is 4.39. The van der Waals surface area contributed by atoms with E-state index in [1.165, 1.54) is 0 Å². The van der Waals surface area contributed by atoms with Gasteiger partial charge in [0.15, 0.2) is 0 Å². The first kappa shape index (κ1) is 25.5. The van der Waals surface area contributed by atoms with Crippen LogP contribution in [0.3, 0.4) is 0 Å². The highest BCUT2D eigenvalue weighted by Crippen LogP contribution is 2.24.